The summed E-state index contributed by atoms with van der Waals surface area (Å²) in [6, 6.07) is 0. The average molecular weight is 234 g/mol. The number of esters is 2. The average Bonchev–Trinajstić information content (AvgIpc) is 2.14. The third-order valence-corrected chi connectivity index (χ3v) is 1.88. The number of rotatable bonds is 7. The third-order valence-electron chi connectivity index (χ3n) is 1.88. The molecule has 6 heteroatoms. The van der Waals surface area contributed by atoms with Gasteiger partial charge in [-0.05, 0) is 6.42 Å². The molecule has 0 unspecified atom stereocenters. The summed E-state index contributed by atoms with van der Waals surface area (Å²) in [6.45, 7) is 1.99. The van der Waals surface area contributed by atoms with E-state index in [0.29, 0.717) is 6.42 Å². The first-order chi connectivity index (χ1) is 7.35. The lowest BCUT2D eigenvalue weighted by Gasteiger charge is -2.12. The number of hydrogen-bond donors (Lipinski definition) is 3. The van der Waals surface area contributed by atoms with E-state index in [1.165, 1.54) is 0 Å². The molecule has 3 N–H and O–H groups in total. The fourth-order valence-electron chi connectivity index (χ4n) is 1.02. The van der Waals surface area contributed by atoms with Gasteiger partial charge < -0.3 is 20.1 Å². The van der Waals surface area contributed by atoms with Gasteiger partial charge in [-0.2, -0.15) is 0 Å². The fourth-order valence-corrected chi connectivity index (χ4v) is 1.02. The van der Waals surface area contributed by atoms with E-state index >= 15 is 0 Å². The summed E-state index contributed by atoms with van der Waals surface area (Å²) in [5.74, 6) is -4.40. The molecule has 0 aliphatic carbocycles. The Morgan fingerprint density at radius 2 is 1.62 bits per heavy atom. The third kappa shape index (κ3) is 9.57. The monoisotopic (exact) mass is 234 g/mol. The van der Waals surface area contributed by atoms with Crippen molar-refractivity contribution in [3.8, 4) is 0 Å². The van der Waals surface area contributed by atoms with Gasteiger partial charge in [-0.15, -0.1) is 0 Å². The minimum Gasteiger partial charge on any atom is -0.393 e. The van der Waals surface area contributed by atoms with Gasteiger partial charge in [-0.3, -0.25) is 9.59 Å². The molecule has 0 aromatic carbocycles. The van der Waals surface area contributed by atoms with Crippen LogP contribution in [0, 0.1) is 0 Å². The van der Waals surface area contributed by atoms with Gasteiger partial charge in [0, 0.05) is 12.8 Å². The van der Waals surface area contributed by atoms with E-state index in [4.69, 9.17) is 15.3 Å². The van der Waals surface area contributed by atoms with Crippen LogP contribution in [0.2, 0.25) is 0 Å². The molecule has 0 atom stereocenters. The highest BCUT2D eigenvalue weighted by Gasteiger charge is 2.21. The molecule has 0 saturated carbocycles. The zero-order chi connectivity index (χ0) is 12.6. The molecule has 0 aliphatic heterocycles. The van der Waals surface area contributed by atoms with Gasteiger partial charge in [-0.1, -0.05) is 19.8 Å². The summed E-state index contributed by atoms with van der Waals surface area (Å²) in [5.41, 5.74) is 0. The van der Waals surface area contributed by atoms with Crippen molar-refractivity contribution in [2.45, 2.75) is 51.4 Å². The smallest absolute Gasteiger partial charge is 0.313 e. The van der Waals surface area contributed by atoms with Crippen molar-refractivity contribution < 1.29 is 29.6 Å². The van der Waals surface area contributed by atoms with Crippen LogP contribution in [0.1, 0.15) is 45.4 Å². The van der Waals surface area contributed by atoms with E-state index in [1.54, 1.807) is 0 Å². The Morgan fingerprint density at radius 3 is 2.12 bits per heavy atom. The predicted molar refractivity (Wildman–Crippen MR) is 53.9 cm³/mol. The molecule has 0 aromatic rings. The highest BCUT2D eigenvalue weighted by molar-refractivity contribution is 5.85. The second-order valence-electron chi connectivity index (χ2n) is 3.58. The highest BCUT2D eigenvalue weighted by atomic mass is 16.7. The lowest BCUT2D eigenvalue weighted by Crippen LogP contribution is -2.28. The molecule has 0 spiro atoms. The van der Waals surface area contributed by atoms with Gasteiger partial charge in [0.2, 0.25) is 0 Å². The van der Waals surface area contributed by atoms with E-state index in [9.17, 15) is 9.59 Å². The van der Waals surface area contributed by atoms with E-state index in [0.717, 1.165) is 12.8 Å². The number of aliphatic hydroxyl groups is 3. The second kappa shape index (κ2) is 7.32. The van der Waals surface area contributed by atoms with Crippen LogP contribution in [-0.2, 0) is 14.3 Å². The van der Waals surface area contributed by atoms with Crippen LogP contribution in [0.3, 0.4) is 0 Å². The second-order valence-corrected chi connectivity index (χ2v) is 3.58. The Bertz CT molecular complexity index is 230. The molecule has 0 aliphatic rings. The van der Waals surface area contributed by atoms with E-state index in [1.807, 2.05) is 6.92 Å². The fraction of sp³-hybridized carbons (Fsp3) is 0.800. The highest BCUT2D eigenvalue weighted by Crippen LogP contribution is 2.06. The van der Waals surface area contributed by atoms with Crippen molar-refractivity contribution >= 4 is 11.9 Å². The first-order valence-corrected chi connectivity index (χ1v) is 5.26. The van der Waals surface area contributed by atoms with E-state index < -0.39 is 30.8 Å². The molecule has 16 heavy (non-hydrogen) atoms. The largest absolute Gasteiger partial charge is 0.393 e. The summed E-state index contributed by atoms with van der Waals surface area (Å²) in [6.07, 6.45) is 1.66. The molecule has 0 heterocycles. The first-order valence-electron chi connectivity index (χ1n) is 5.26. The SMILES string of the molecule is CCCCCC(=O)OC(=O)CCC(O)(O)O. The molecule has 0 fully saturated rings. The molecule has 0 amide bonds. The van der Waals surface area contributed by atoms with Crippen LogP contribution in [-0.4, -0.2) is 33.2 Å². The molecule has 0 aromatic heterocycles. The quantitative estimate of drug-likeness (QED) is 0.249. The van der Waals surface area contributed by atoms with Crippen molar-refractivity contribution in [2.75, 3.05) is 0 Å². The normalized spacial score (nSPS) is 11.2. The van der Waals surface area contributed by atoms with E-state index in [2.05, 4.69) is 4.74 Å². The zero-order valence-electron chi connectivity index (χ0n) is 9.31. The van der Waals surface area contributed by atoms with Gasteiger partial charge >= 0.3 is 11.9 Å². The van der Waals surface area contributed by atoms with Crippen molar-refractivity contribution in [3.63, 3.8) is 0 Å². The Morgan fingerprint density at radius 1 is 1.06 bits per heavy atom. The number of carbonyl (C=O) groups excluding carboxylic acids is 2. The lowest BCUT2D eigenvalue weighted by atomic mass is 10.2. The summed E-state index contributed by atoms with van der Waals surface area (Å²) >= 11 is 0. The van der Waals surface area contributed by atoms with Crippen LogP contribution in [0.25, 0.3) is 0 Å². The van der Waals surface area contributed by atoms with Crippen LogP contribution in [0.5, 0.6) is 0 Å². The van der Waals surface area contributed by atoms with Gasteiger partial charge in [-0.25, -0.2) is 0 Å². The molecule has 0 rings (SSSR count). The van der Waals surface area contributed by atoms with Crippen molar-refractivity contribution in [2.24, 2.45) is 0 Å². The summed E-state index contributed by atoms with van der Waals surface area (Å²) in [7, 11) is 0. The van der Waals surface area contributed by atoms with Gasteiger partial charge in [0.05, 0.1) is 6.42 Å². The molecular formula is C10H18O6. The molecule has 0 radical (unpaired) electrons. The number of carbonyl (C=O) groups is 2. The lowest BCUT2D eigenvalue weighted by molar-refractivity contribution is -0.314. The predicted octanol–water partition coefficient (Wildman–Crippen LogP) is 0.0474. The maximum atomic E-state index is 11.0. The maximum Gasteiger partial charge on any atom is 0.313 e. The minimum absolute atomic E-state index is 0.169. The van der Waals surface area contributed by atoms with Crippen molar-refractivity contribution in [1.82, 2.24) is 0 Å². The standard InChI is InChI=1S/C10H18O6/c1-2-3-4-5-8(11)16-9(12)6-7-10(13,14)15/h13-15H,2-7H2,1H3. The topological polar surface area (TPSA) is 104 Å². The molecular weight excluding hydrogens is 216 g/mol. The summed E-state index contributed by atoms with van der Waals surface area (Å²) in [5, 5.41) is 25.5. The van der Waals surface area contributed by atoms with Crippen LogP contribution in [0.4, 0.5) is 0 Å². The van der Waals surface area contributed by atoms with Crippen LogP contribution < -0.4 is 0 Å². The Labute approximate surface area is 93.8 Å². The van der Waals surface area contributed by atoms with Gasteiger partial charge in [0.1, 0.15) is 0 Å². The zero-order valence-corrected chi connectivity index (χ0v) is 9.31. The van der Waals surface area contributed by atoms with Gasteiger partial charge in [0.15, 0.2) is 0 Å². The Balaban J connectivity index is 3.67. The Kier molecular flexibility index (Phi) is 6.87. The van der Waals surface area contributed by atoms with E-state index in [-0.39, 0.29) is 6.42 Å². The number of ether oxygens (including phenoxy) is 1. The molecule has 94 valence electrons. The summed E-state index contributed by atoms with van der Waals surface area (Å²) < 4.78 is 4.38. The first kappa shape index (κ1) is 15.0. The number of hydrogen-bond acceptors (Lipinski definition) is 6. The molecule has 6 nitrogen and oxygen atoms in total. The molecule has 0 saturated heterocycles. The van der Waals surface area contributed by atoms with Gasteiger partial charge in [0.25, 0.3) is 5.97 Å². The van der Waals surface area contributed by atoms with Crippen molar-refractivity contribution in [3.05, 3.63) is 0 Å². The van der Waals surface area contributed by atoms with Crippen LogP contribution >= 0.6 is 0 Å². The number of unbranched alkanes of at least 4 members (excludes halogenated alkanes) is 2. The molecule has 0 bridgehead atoms. The minimum atomic E-state index is -2.90. The Hall–Kier alpha value is -0.980. The van der Waals surface area contributed by atoms with Crippen molar-refractivity contribution in [1.29, 1.82) is 0 Å². The summed E-state index contributed by atoms with van der Waals surface area (Å²) in [4.78, 5) is 22.0. The van der Waals surface area contributed by atoms with Crippen LogP contribution in [0.15, 0.2) is 0 Å². The maximum absolute atomic E-state index is 11.0.